The van der Waals surface area contributed by atoms with Crippen molar-refractivity contribution in [3.05, 3.63) is 33.8 Å². The maximum atomic E-state index is 6.25. The molecule has 2 fully saturated rings. The number of hydrogen-bond acceptors (Lipinski definition) is 1. The summed E-state index contributed by atoms with van der Waals surface area (Å²) in [4.78, 5) is 0. The summed E-state index contributed by atoms with van der Waals surface area (Å²) in [5.74, 6) is 2.87. The van der Waals surface area contributed by atoms with E-state index in [2.05, 4.69) is 12.4 Å². The minimum absolute atomic E-state index is 0.536. The number of fused-ring (bicyclic) bond motifs is 1. The highest BCUT2D eigenvalue weighted by molar-refractivity contribution is 6.33. The molecule has 18 heavy (non-hydrogen) atoms. The van der Waals surface area contributed by atoms with Gasteiger partial charge in [-0.1, -0.05) is 23.2 Å². The average molecular weight is 284 g/mol. The molecule has 0 heterocycles. The summed E-state index contributed by atoms with van der Waals surface area (Å²) >= 11 is 12.3. The summed E-state index contributed by atoms with van der Waals surface area (Å²) in [6.45, 7) is 0. The molecule has 0 saturated heterocycles. The van der Waals surface area contributed by atoms with Crippen molar-refractivity contribution in [1.82, 2.24) is 5.32 Å². The van der Waals surface area contributed by atoms with Crippen molar-refractivity contribution in [3.8, 4) is 0 Å². The van der Waals surface area contributed by atoms with Gasteiger partial charge in [0.2, 0.25) is 0 Å². The van der Waals surface area contributed by atoms with Crippen molar-refractivity contribution in [2.24, 2.45) is 17.8 Å². The Bertz CT molecular complexity index is 436. The van der Waals surface area contributed by atoms with Crippen LogP contribution in [0.25, 0.3) is 0 Å². The fourth-order valence-corrected chi connectivity index (χ4v) is 3.92. The Morgan fingerprint density at radius 3 is 2.61 bits per heavy atom. The Morgan fingerprint density at radius 2 is 1.94 bits per heavy atom. The second-order valence-electron chi connectivity index (χ2n) is 5.82. The van der Waals surface area contributed by atoms with Gasteiger partial charge in [-0.2, -0.15) is 0 Å². The summed E-state index contributed by atoms with van der Waals surface area (Å²) in [7, 11) is 2.06. The van der Waals surface area contributed by atoms with Crippen LogP contribution in [0.4, 0.5) is 0 Å². The van der Waals surface area contributed by atoms with Crippen LogP contribution in [0.3, 0.4) is 0 Å². The smallest absolute Gasteiger partial charge is 0.0439 e. The molecule has 1 aromatic carbocycles. The van der Waals surface area contributed by atoms with E-state index >= 15 is 0 Å². The van der Waals surface area contributed by atoms with Gasteiger partial charge in [0.25, 0.3) is 0 Å². The van der Waals surface area contributed by atoms with Gasteiger partial charge in [-0.3, -0.25) is 0 Å². The third-order valence-electron chi connectivity index (χ3n) is 4.67. The zero-order valence-corrected chi connectivity index (χ0v) is 12.1. The third kappa shape index (κ3) is 2.54. The zero-order chi connectivity index (χ0) is 12.7. The molecule has 1 N–H and O–H groups in total. The number of rotatable bonds is 4. The summed E-state index contributed by atoms with van der Waals surface area (Å²) < 4.78 is 0. The minimum Gasteiger partial charge on any atom is -0.316 e. The van der Waals surface area contributed by atoms with Gasteiger partial charge in [-0.05, 0) is 74.2 Å². The van der Waals surface area contributed by atoms with Crippen molar-refractivity contribution in [2.45, 2.75) is 31.7 Å². The molecule has 2 aliphatic rings. The maximum Gasteiger partial charge on any atom is 0.0439 e. The van der Waals surface area contributed by atoms with E-state index < -0.39 is 0 Å². The molecule has 0 aliphatic heterocycles. The summed E-state index contributed by atoms with van der Waals surface area (Å²) in [5.41, 5.74) is 1.17. The molecule has 2 aliphatic carbocycles. The predicted molar refractivity (Wildman–Crippen MR) is 77.3 cm³/mol. The van der Waals surface area contributed by atoms with Crippen LogP contribution in [0, 0.1) is 17.8 Å². The van der Waals surface area contributed by atoms with Crippen LogP contribution in [0.5, 0.6) is 0 Å². The summed E-state index contributed by atoms with van der Waals surface area (Å²) in [6.07, 6.45) is 5.26. The lowest BCUT2D eigenvalue weighted by Gasteiger charge is -2.25. The molecule has 0 aromatic heterocycles. The molecule has 0 amide bonds. The number of hydrogen-bond donors (Lipinski definition) is 1. The lowest BCUT2D eigenvalue weighted by atomic mass is 9.90. The zero-order valence-electron chi connectivity index (χ0n) is 10.6. The van der Waals surface area contributed by atoms with Gasteiger partial charge in [0.15, 0.2) is 0 Å². The average Bonchev–Trinajstić information content (AvgIpc) is 2.97. The monoisotopic (exact) mass is 283 g/mol. The largest absolute Gasteiger partial charge is 0.316 e. The number of likely N-dealkylation sites (N-methyl/N-ethyl adjacent to an activating group) is 1. The van der Waals surface area contributed by atoms with Crippen molar-refractivity contribution < 1.29 is 0 Å². The van der Waals surface area contributed by atoms with Crippen molar-refractivity contribution in [2.75, 3.05) is 7.05 Å². The molecule has 0 radical (unpaired) electrons. The predicted octanol–water partition coefficient (Wildman–Crippen LogP) is 4.17. The highest BCUT2D eigenvalue weighted by Gasteiger charge is 2.47. The quantitative estimate of drug-likeness (QED) is 0.875. The molecule has 0 spiro atoms. The van der Waals surface area contributed by atoms with Crippen molar-refractivity contribution in [1.29, 1.82) is 0 Å². The second kappa shape index (κ2) is 5.03. The fourth-order valence-electron chi connectivity index (χ4n) is 3.53. The number of benzene rings is 1. The number of halogens is 2. The van der Waals surface area contributed by atoms with E-state index in [0.29, 0.717) is 6.04 Å². The normalized spacial score (nSPS) is 31.2. The topological polar surface area (TPSA) is 12.0 Å². The highest BCUT2D eigenvalue weighted by Crippen LogP contribution is 2.55. The van der Waals surface area contributed by atoms with Gasteiger partial charge in [-0.15, -0.1) is 0 Å². The standard InChI is InChI=1S/C15H19Cl2N/c1-18-15(12-5-9-4-10(9)6-12)8-11-7-13(16)2-3-14(11)17/h2-3,7,9-10,12,15,18H,4-6,8H2,1H3. The van der Waals surface area contributed by atoms with E-state index in [0.717, 1.165) is 34.2 Å². The Balaban J connectivity index is 1.70. The molecule has 3 unspecified atom stereocenters. The van der Waals surface area contributed by atoms with Crippen LogP contribution in [-0.4, -0.2) is 13.1 Å². The third-order valence-corrected chi connectivity index (χ3v) is 5.27. The van der Waals surface area contributed by atoms with Crippen LogP contribution in [-0.2, 0) is 6.42 Å². The SMILES string of the molecule is CNC(Cc1cc(Cl)ccc1Cl)C1CC2CC2C1. The molecule has 1 aromatic rings. The van der Waals surface area contributed by atoms with E-state index in [-0.39, 0.29) is 0 Å². The minimum atomic E-state index is 0.536. The fraction of sp³-hybridized carbons (Fsp3) is 0.600. The number of nitrogens with one attached hydrogen (secondary N) is 1. The van der Waals surface area contributed by atoms with E-state index in [1.807, 2.05) is 18.2 Å². The highest BCUT2D eigenvalue weighted by atomic mass is 35.5. The van der Waals surface area contributed by atoms with Gasteiger partial charge >= 0.3 is 0 Å². The van der Waals surface area contributed by atoms with Gasteiger partial charge in [0, 0.05) is 16.1 Å². The molecular weight excluding hydrogens is 265 g/mol. The molecule has 0 bridgehead atoms. The van der Waals surface area contributed by atoms with Crippen molar-refractivity contribution in [3.63, 3.8) is 0 Å². The molecule has 3 rings (SSSR count). The first kappa shape index (κ1) is 12.8. The van der Waals surface area contributed by atoms with Crippen LogP contribution < -0.4 is 5.32 Å². The van der Waals surface area contributed by atoms with Gasteiger partial charge in [0.05, 0.1) is 0 Å². The molecular formula is C15H19Cl2N. The van der Waals surface area contributed by atoms with E-state index in [1.54, 1.807) is 0 Å². The lowest BCUT2D eigenvalue weighted by molar-refractivity contribution is 0.349. The lowest BCUT2D eigenvalue weighted by Crippen LogP contribution is -2.35. The Labute approximate surface area is 119 Å². The molecule has 2 saturated carbocycles. The Morgan fingerprint density at radius 1 is 1.22 bits per heavy atom. The van der Waals surface area contributed by atoms with E-state index in [9.17, 15) is 0 Å². The first-order valence-corrected chi connectivity index (χ1v) is 7.54. The van der Waals surface area contributed by atoms with Crippen LogP contribution in [0.15, 0.2) is 18.2 Å². The van der Waals surface area contributed by atoms with Crippen LogP contribution >= 0.6 is 23.2 Å². The van der Waals surface area contributed by atoms with Gasteiger partial charge < -0.3 is 5.32 Å². The molecule has 3 atom stereocenters. The first-order chi connectivity index (χ1) is 8.67. The van der Waals surface area contributed by atoms with Crippen LogP contribution in [0.2, 0.25) is 10.0 Å². The van der Waals surface area contributed by atoms with Gasteiger partial charge in [-0.25, -0.2) is 0 Å². The van der Waals surface area contributed by atoms with E-state index in [1.165, 1.54) is 24.8 Å². The summed E-state index contributed by atoms with van der Waals surface area (Å²) in [6, 6.07) is 6.29. The molecule has 1 nitrogen and oxygen atoms in total. The Hall–Kier alpha value is -0.240. The van der Waals surface area contributed by atoms with E-state index in [4.69, 9.17) is 23.2 Å². The van der Waals surface area contributed by atoms with Crippen LogP contribution in [0.1, 0.15) is 24.8 Å². The van der Waals surface area contributed by atoms with Gasteiger partial charge in [0.1, 0.15) is 0 Å². The second-order valence-corrected chi connectivity index (χ2v) is 6.67. The first-order valence-electron chi connectivity index (χ1n) is 6.78. The molecule has 3 heteroatoms. The summed E-state index contributed by atoms with van der Waals surface area (Å²) in [5, 5.41) is 5.09. The maximum absolute atomic E-state index is 6.25. The molecule has 98 valence electrons. The van der Waals surface area contributed by atoms with Crippen molar-refractivity contribution >= 4 is 23.2 Å². The Kier molecular flexibility index (Phi) is 3.57.